The fourth-order valence-corrected chi connectivity index (χ4v) is 4.28. The van der Waals surface area contributed by atoms with Crippen molar-refractivity contribution in [3.63, 3.8) is 0 Å². The molecule has 0 aliphatic carbocycles. The quantitative estimate of drug-likeness (QED) is 0.865. The van der Waals surface area contributed by atoms with Crippen LogP contribution in [0.2, 0.25) is 0 Å². The van der Waals surface area contributed by atoms with Crippen LogP contribution >= 0.6 is 11.3 Å². The summed E-state index contributed by atoms with van der Waals surface area (Å²) in [5, 5.41) is 1.05. The highest BCUT2D eigenvalue weighted by molar-refractivity contribution is 7.22. The van der Waals surface area contributed by atoms with Gasteiger partial charge in [-0.15, -0.1) is 0 Å². The second-order valence-electron chi connectivity index (χ2n) is 6.15. The van der Waals surface area contributed by atoms with E-state index in [1.165, 1.54) is 10.3 Å². The minimum absolute atomic E-state index is 0.116. The van der Waals surface area contributed by atoms with Gasteiger partial charge in [-0.3, -0.25) is 4.79 Å². The van der Waals surface area contributed by atoms with Crippen LogP contribution in [0.4, 0.5) is 5.13 Å². The van der Waals surface area contributed by atoms with Gasteiger partial charge in [0.05, 0.1) is 29.3 Å². The number of benzene rings is 1. The van der Waals surface area contributed by atoms with Gasteiger partial charge in [-0.1, -0.05) is 30.4 Å². The lowest BCUT2D eigenvalue weighted by Gasteiger charge is -2.41. The van der Waals surface area contributed by atoms with Gasteiger partial charge in [-0.05, 0) is 18.1 Å². The molecule has 2 fully saturated rings. The van der Waals surface area contributed by atoms with E-state index in [-0.39, 0.29) is 11.8 Å². The van der Waals surface area contributed by atoms with Crippen LogP contribution in [0.5, 0.6) is 0 Å². The summed E-state index contributed by atoms with van der Waals surface area (Å²) in [5.74, 6) is 0.394. The zero-order valence-corrected chi connectivity index (χ0v) is 14.1. The molecule has 2 aliphatic rings. The summed E-state index contributed by atoms with van der Waals surface area (Å²) in [5.41, 5.74) is 2.42. The Labute approximate surface area is 139 Å². The predicted molar refractivity (Wildman–Crippen MR) is 92.1 cm³/mol. The Morgan fingerprint density at radius 2 is 2.13 bits per heavy atom. The maximum atomic E-state index is 12.5. The highest BCUT2D eigenvalue weighted by atomic mass is 32.1. The van der Waals surface area contributed by atoms with Crippen LogP contribution in [0.25, 0.3) is 10.2 Å². The Hall–Kier alpha value is -1.66. The van der Waals surface area contributed by atoms with Crippen molar-refractivity contribution in [2.75, 3.05) is 44.3 Å². The predicted octanol–water partition coefficient (Wildman–Crippen LogP) is 2.15. The second kappa shape index (κ2) is 6.09. The summed E-state index contributed by atoms with van der Waals surface area (Å²) >= 11 is 1.73. The van der Waals surface area contributed by atoms with Crippen LogP contribution in [0, 0.1) is 5.92 Å². The summed E-state index contributed by atoms with van der Waals surface area (Å²) < 4.78 is 6.55. The van der Waals surface area contributed by atoms with Gasteiger partial charge < -0.3 is 14.5 Å². The number of carbonyl (C=O) groups excluding carboxylic acids is 1. The number of morpholine rings is 1. The number of aryl methyl sites for hydroxylation is 1. The molecule has 1 aromatic carbocycles. The maximum Gasteiger partial charge on any atom is 0.229 e. The van der Waals surface area contributed by atoms with Gasteiger partial charge in [-0.2, -0.15) is 0 Å². The van der Waals surface area contributed by atoms with E-state index in [0.717, 1.165) is 43.2 Å². The largest absolute Gasteiger partial charge is 0.378 e. The number of hydrogen-bond donors (Lipinski definition) is 0. The van der Waals surface area contributed by atoms with Crippen LogP contribution in [0.15, 0.2) is 18.2 Å². The number of aromatic nitrogens is 1. The average molecular weight is 331 g/mol. The van der Waals surface area contributed by atoms with Crippen molar-refractivity contribution >= 4 is 32.6 Å². The Morgan fingerprint density at radius 1 is 1.35 bits per heavy atom. The van der Waals surface area contributed by atoms with Crippen molar-refractivity contribution in [2.45, 2.75) is 13.3 Å². The zero-order chi connectivity index (χ0) is 15.8. The van der Waals surface area contributed by atoms with Crippen molar-refractivity contribution in [2.24, 2.45) is 5.92 Å². The molecule has 0 N–H and O–H groups in total. The molecule has 0 spiro atoms. The molecular formula is C17H21N3O2S. The molecule has 0 unspecified atom stereocenters. The van der Waals surface area contributed by atoms with Crippen molar-refractivity contribution < 1.29 is 9.53 Å². The summed E-state index contributed by atoms with van der Waals surface area (Å²) in [6.45, 7) is 6.54. The SMILES string of the molecule is CCc1cccc2sc(N3CC(C(=O)N4CCOCC4)C3)nc12. The molecule has 23 heavy (non-hydrogen) atoms. The molecule has 0 radical (unpaired) electrons. The molecule has 0 saturated carbocycles. The summed E-state index contributed by atoms with van der Waals surface area (Å²) in [7, 11) is 0. The number of amides is 1. The minimum atomic E-state index is 0.116. The van der Waals surface area contributed by atoms with Crippen molar-refractivity contribution in [3.8, 4) is 0 Å². The van der Waals surface area contributed by atoms with Crippen molar-refractivity contribution in [3.05, 3.63) is 23.8 Å². The van der Waals surface area contributed by atoms with E-state index in [1.54, 1.807) is 11.3 Å². The molecule has 2 saturated heterocycles. The molecule has 1 amide bonds. The standard InChI is InChI=1S/C17H21N3O2S/c1-2-12-4-3-5-14-15(12)18-17(23-14)20-10-13(11-20)16(21)19-6-8-22-9-7-19/h3-5,13H,2,6-11H2,1H3. The Balaban J connectivity index is 1.44. The highest BCUT2D eigenvalue weighted by Crippen LogP contribution is 2.34. The Bertz CT molecular complexity index is 718. The van der Waals surface area contributed by atoms with Crippen molar-refractivity contribution in [1.29, 1.82) is 0 Å². The van der Waals surface area contributed by atoms with Gasteiger partial charge in [0, 0.05) is 26.2 Å². The number of fused-ring (bicyclic) bond motifs is 1. The number of anilines is 1. The normalized spacial score (nSPS) is 19.2. The van der Waals surface area contributed by atoms with Crippen LogP contribution in [-0.2, 0) is 16.0 Å². The smallest absolute Gasteiger partial charge is 0.229 e. The van der Waals surface area contributed by atoms with E-state index in [0.29, 0.717) is 13.2 Å². The first kappa shape index (κ1) is 14.9. The van der Waals surface area contributed by atoms with E-state index < -0.39 is 0 Å². The molecule has 3 heterocycles. The first-order valence-corrected chi connectivity index (χ1v) is 9.08. The lowest BCUT2D eigenvalue weighted by Crippen LogP contribution is -2.56. The van der Waals surface area contributed by atoms with Crippen LogP contribution < -0.4 is 4.90 Å². The summed E-state index contributed by atoms with van der Waals surface area (Å²) in [4.78, 5) is 21.4. The molecule has 0 atom stereocenters. The Kier molecular flexibility index (Phi) is 3.95. The van der Waals surface area contributed by atoms with Crippen LogP contribution in [0.1, 0.15) is 12.5 Å². The molecule has 122 valence electrons. The number of ether oxygens (including phenoxy) is 1. The van der Waals surface area contributed by atoms with Crippen LogP contribution in [-0.4, -0.2) is 55.2 Å². The van der Waals surface area contributed by atoms with Crippen LogP contribution in [0.3, 0.4) is 0 Å². The lowest BCUT2D eigenvalue weighted by molar-refractivity contribution is -0.140. The van der Waals surface area contributed by atoms with Gasteiger partial charge in [-0.25, -0.2) is 4.98 Å². The fraction of sp³-hybridized carbons (Fsp3) is 0.529. The fourth-order valence-electron chi connectivity index (χ4n) is 3.25. The van der Waals surface area contributed by atoms with Gasteiger partial charge >= 0.3 is 0 Å². The van der Waals surface area contributed by atoms with E-state index >= 15 is 0 Å². The third kappa shape index (κ3) is 2.70. The number of para-hydroxylation sites is 1. The average Bonchev–Trinajstić information content (AvgIpc) is 2.97. The first-order valence-electron chi connectivity index (χ1n) is 8.26. The second-order valence-corrected chi connectivity index (χ2v) is 7.16. The molecule has 0 bridgehead atoms. The molecule has 6 heteroatoms. The van der Waals surface area contributed by atoms with Gasteiger partial charge in [0.2, 0.25) is 5.91 Å². The highest BCUT2D eigenvalue weighted by Gasteiger charge is 2.37. The molecule has 5 nitrogen and oxygen atoms in total. The molecule has 1 aromatic heterocycles. The number of carbonyl (C=O) groups is 1. The van der Waals surface area contributed by atoms with Gasteiger partial charge in [0.25, 0.3) is 0 Å². The molecular weight excluding hydrogens is 310 g/mol. The van der Waals surface area contributed by atoms with E-state index in [9.17, 15) is 4.79 Å². The third-order valence-electron chi connectivity index (χ3n) is 4.70. The van der Waals surface area contributed by atoms with E-state index in [4.69, 9.17) is 9.72 Å². The van der Waals surface area contributed by atoms with Gasteiger partial charge in [0.1, 0.15) is 0 Å². The number of rotatable bonds is 3. The van der Waals surface area contributed by atoms with E-state index in [2.05, 4.69) is 30.0 Å². The monoisotopic (exact) mass is 331 g/mol. The lowest BCUT2D eigenvalue weighted by atomic mass is 9.99. The number of hydrogen-bond acceptors (Lipinski definition) is 5. The van der Waals surface area contributed by atoms with Crippen molar-refractivity contribution in [1.82, 2.24) is 9.88 Å². The summed E-state index contributed by atoms with van der Waals surface area (Å²) in [6, 6.07) is 6.38. The van der Waals surface area contributed by atoms with E-state index in [1.807, 2.05) is 4.90 Å². The number of nitrogens with zero attached hydrogens (tertiary/aromatic N) is 3. The molecule has 2 aliphatic heterocycles. The molecule has 4 rings (SSSR count). The minimum Gasteiger partial charge on any atom is -0.378 e. The summed E-state index contributed by atoms with van der Waals surface area (Å²) in [6.07, 6.45) is 0.999. The van der Waals surface area contributed by atoms with Gasteiger partial charge in [0.15, 0.2) is 5.13 Å². The zero-order valence-electron chi connectivity index (χ0n) is 13.3. The first-order chi connectivity index (χ1) is 11.3. The Morgan fingerprint density at radius 3 is 2.87 bits per heavy atom. The third-order valence-corrected chi connectivity index (χ3v) is 5.78. The number of thiazole rings is 1. The molecule has 2 aromatic rings. The maximum absolute atomic E-state index is 12.5. The topological polar surface area (TPSA) is 45.7 Å².